The van der Waals surface area contributed by atoms with Crippen LogP contribution in [0.4, 0.5) is 0 Å². The van der Waals surface area contributed by atoms with E-state index in [1.165, 1.54) is 0 Å². The van der Waals surface area contributed by atoms with E-state index in [4.69, 9.17) is 26.2 Å². The van der Waals surface area contributed by atoms with E-state index in [-0.39, 0.29) is 6.42 Å². The van der Waals surface area contributed by atoms with Crippen molar-refractivity contribution in [3.8, 4) is 11.5 Å². The molecular weight excluding hydrogens is 318 g/mol. The fraction of sp³-hybridized carbons (Fsp3) is 0.588. The van der Waals surface area contributed by atoms with Gasteiger partial charge in [0.1, 0.15) is 6.61 Å². The Kier molecular flexibility index (Phi) is 8.81. The summed E-state index contributed by atoms with van der Waals surface area (Å²) in [6.07, 6.45) is 0.471. The molecule has 0 fully saturated rings. The van der Waals surface area contributed by atoms with Crippen LogP contribution in [-0.2, 0) is 11.2 Å². The number of carboxylic acids is 1. The Hall–Kier alpha value is -1.46. The van der Waals surface area contributed by atoms with Crippen molar-refractivity contribution in [2.24, 2.45) is 0 Å². The SMILES string of the molecule is CCOc1cc(CCC(=O)O)cc(Cl)c1OCCN(CC)CC. The number of likely N-dealkylation sites (N-methyl/N-ethyl adjacent to an activating group) is 1. The monoisotopic (exact) mass is 343 g/mol. The van der Waals surface area contributed by atoms with Gasteiger partial charge in [-0.15, -0.1) is 0 Å². The Labute approximate surface area is 143 Å². The van der Waals surface area contributed by atoms with Gasteiger partial charge in [-0.3, -0.25) is 4.79 Å². The lowest BCUT2D eigenvalue weighted by atomic mass is 10.1. The lowest BCUT2D eigenvalue weighted by molar-refractivity contribution is -0.136. The number of aliphatic carboxylic acids is 1. The lowest BCUT2D eigenvalue weighted by Crippen LogP contribution is -2.28. The zero-order valence-electron chi connectivity index (χ0n) is 14.1. The van der Waals surface area contributed by atoms with Gasteiger partial charge >= 0.3 is 5.97 Å². The van der Waals surface area contributed by atoms with E-state index in [0.717, 1.165) is 25.2 Å². The minimum Gasteiger partial charge on any atom is -0.490 e. The van der Waals surface area contributed by atoms with Crippen molar-refractivity contribution in [1.29, 1.82) is 0 Å². The van der Waals surface area contributed by atoms with Crippen molar-refractivity contribution >= 4 is 17.6 Å². The van der Waals surface area contributed by atoms with Crippen LogP contribution in [0.25, 0.3) is 0 Å². The van der Waals surface area contributed by atoms with E-state index < -0.39 is 5.97 Å². The summed E-state index contributed by atoms with van der Waals surface area (Å²) < 4.78 is 11.4. The molecule has 0 heterocycles. The quantitative estimate of drug-likeness (QED) is 0.666. The number of carboxylic acid groups (broad SMARTS) is 1. The fourth-order valence-corrected chi connectivity index (χ4v) is 2.52. The van der Waals surface area contributed by atoms with Crippen LogP contribution in [0.1, 0.15) is 32.8 Å². The first kappa shape index (κ1) is 19.6. The molecule has 23 heavy (non-hydrogen) atoms. The van der Waals surface area contributed by atoms with E-state index >= 15 is 0 Å². The zero-order valence-corrected chi connectivity index (χ0v) is 14.9. The highest BCUT2D eigenvalue weighted by atomic mass is 35.5. The first-order valence-corrected chi connectivity index (χ1v) is 8.41. The average Bonchev–Trinajstić information content (AvgIpc) is 2.52. The first-order valence-electron chi connectivity index (χ1n) is 8.03. The van der Waals surface area contributed by atoms with Crippen molar-refractivity contribution in [3.05, 3.63) is 22.7 Å². The van der Waals surface area contributed by atoms with Gasteiger partial charge < -0.3 is 19.5 Å². The molecule has 6 heteroatoms. The van der Waals surface area contributed by atoms with E-state index in [0.29, 0.717) is 36.2 Å². The molecule has 0 atom stereocenters. The molecule has 1 aromatic rings. The summed E-state index contributed by atoms with van der Waals surface area (Å²) in [6, 6.07) is 3.56. The summed E-state index contributed by atoms with van der Waals surface area (Å²) in [7, 11) is 0. The second-order valence-corrected chi connectivity index (χ2v) is 5.51. The van der Waals surface area contributed by atoms with Crippen LogP contribution in [0.5, 0.6) is 11.5 Å². The van der Waals surface area contributed by atoms with Gasteiger partial charge in [-0.1, -0.05) is 25.4 Å². The molecule has 0 saturated carbocycles. The minimum atomic E-state index is -0.835. The highest BCUT2D eigenvalue weighted by Crippen LogP contribution is 2.37. The van der Waals surface area contributed by atoms with Gasteiger partial charge in [0.2, 0.25) is 0 Å². The summed E-state index contributed by atoms with van der Waals surface area (Å²) in [5.74, 6) is 0.262. The van der Waals surface area contributed by atoms with Crippen LogP contribution >= 0.6 is 11.6 Å². The summed E-state index contributed by atoms with van der Waals surface area (Å²) >= 11 is 6.30. The summed E-state index contributed by atoms with van der Waals surface area (Å²) in [4.78, 5) is 13.0. The van der Waals surface area contributed by atoms with Gasteiger partial charge in [0.05, 0.1) is 11.6 Å². The molecule has 0 aromatic heterocycles. The van der Waals surface area contributed by atoms with Crippen LogP contribution < -0.4 is 9.47 Å². The van der Waals surface area contributed by atoms with Crippen LogP contribution in [0.2, 0.25) is 5.02 Å². The van der Waals surface area contributed by atoms with E-state index in [2.05, 4.69) is 18.7 Å². The highest BCUT2D eigenvalue weighted by molar-refractivity contribution is 6.32. The standard InChI is InChI=1S/C17H26ClNO4/c1-4-19(5-2)9-10-23-17-14(18)11-13(7-8-16(20)21)12-15(17)22-6-3/h11-12H,4-10H2,1-3H3,(H,20,21). The fourth-order valence-electron chi connectivity index (χ4n) is 2.24. The van der Waals surface area contributed by atoms with Gasteiger partial charge in [0.25, 0.3) is 0 Å². The van der Waals surface area contributed by atoms with Crippen LogP contribution in [0.3, 0.4) is 0 Å². The van der Waals surface area contributed by atoms with Gasteiger partial charge in [0.15, 0.2) is 11.5 Å². The molecule has 0 radical (unpaired) electrons. The number of carbonyl (C=O) groups is 1. The maximum Gasteiger partial charge on any atom is 0.303 e. The number of benzene rings is 1. The zero-order chi connectivity index (χ0) is 17.2. The molecular formula is C17H26ClNO4. The summed E-state index contributed by atoms with van der Waals surface area (Å²) in [5, 5.41) is 9.25. The molecule has 0 unspecified atom stereocenters. The van der Waals surface area contributed by atoms with Crippen molar-refractivity contribution in [2.75, 3.05) is 32.8 Å². The molecule has 0 bridgehead atoms. The predicted octanol–water partition coefficient (Wildman–Crippen LogP) is 3.48. The maximum atomic E-state index is 10.7. The van der Waals surface area contributed by atoms with E-state index in [1.807, 2.05) is 13.0 Å². The predicted molar refractivity (Wildman–Crippen MR) is 91.9 cm³/mol. The Morgan fingerprint density at radius 2 is 1.91 bits per heavy atom. The van der Waals surface area contributed by atoms with E-state index in [9.17, 15) is 4.79 Å². The second kappa shape index (κ2) is 10.3. The molecule has 0 amide bonds. The van der Waals surface area contributed by atoms with Gasteiger partial charge in [0, 0.05) is 13.0 Å². The number of nitrogens with zero attached hydrogens (tertiary/aromatic N) is 1. The van der Waals surface area contributed by atoms with Crippen molar-refractivity contribution < 1.29 is 19.4 Å². The third-order valence-electron chi connectivity index (χ3n) is 3.55. The molecule has 130 valence electrons. The third-order valence-corrected chi connectivity index (χ3v) is 3.83. The molecule has 0 saturated heterocycles. The van der Waals surface area contributed by atoms with Gasteiger partial charge in [-0.25, -0.2) is 0 Å². The molecule has 1 aromatic carbocycles. The topological polar surface area (TPSA) is 59.0 Å². The lowest BCUT2D eigenvalue weighted by Gasteiger charge is -2.20. The number of ether oxygens (including phenoxy) is 2. The van der Waals surface area contributed by atoms with Crippen LogP contribution in [0.15, 0.2) is 12.1 Å². The molecule has 5 nitrogen and oxygen atoms in total. The summed E-state index contributed by atoms with van der Waals surface area (Å²) in [6.45, 7) is 9.88. The Morgan fingerprint density at radius 1 is 1.22 bits per heavy atom. The number of hydrogen-bond acceptors (Lipinski definition) is 4. The van der Waals surface area contributed by atoms with Crippen LogP contribution in [-0.4, -0.2) is 48.8 Å². The normalized spacial score (nSPS) is 10.8. The number of hydrogen-bond donors (Lipinski definition) is 1. The number of rotatable bonds is 11. The largest absolute Gasteiger partial charge is 0.490 e. The first-order chi connectivity index (χ1) is 11.0. The van der Waals surface area contributed by atoms with Crippen LogP contribution in [0, 0.1) is 0 Å². The minimum absolute atomic E-state index is 0.0596. The van der Waals surface area contributed by atoms with E-state index in [1.54, 1.807) is 6.07 Å². The molecule has 1 N–H and O–H groups in total. The molecule has 0 aliphatic rings. The van der Waals surface area contributed by atoms with Crippen molar-refractivity contribution in [2.45, 2.75) is 33.6 Å². The number of halogens is 1. The Morgan fingerprint density at radius 3 is 2.48 bits per heavy atom. The second-order valence-electron chi connectivity index (χ2n) is 5.11. The average molecular weight is 344 g/mol. The molecule has 0 spiro atoms. The van der Waals surface area contributed by atoms with Crippen molar-refractivity contribution in [3.63, 3.8) is 0 Å². The van der Waals surface area contributed by atoms with Gasteiger partial charge in [-0.2, -0.15) is 0 Å². The Balaban J connectivity index is 2.82. The third kappa shape index (κ3) is 6.67. The molecule has 1 rings (SSSR count). The highest BCUT2D eigenvalue weighted by Gasteiger charge is 2.14. The van der Waals surface area contributed by atoms with Crippen molar-refractivity contribution in [1.82, 2.24) is 4.90 Å². The maximum absolute atomic E-state index is 10.7. The Bertz CT molecular complexity index is 504. The number of aryl methyl sites for hydroxylation is 1. The summed E-state index contributed by atoms with van der Waals surface area (Å²) in [5.41, 5.74) is 0.831. The molecule has 0 aliphatic heterocycles. The molecule has 0 aliphatic carbocycles. The van der Waals surface area contributed by atoms with Gasteiger partial charge in [-0.05, 0) is 44.1 Å². The smallest absolute Gasteiger partial charge is 0.303 e.